The molecule has 2 N–H and O–H groups in total. The predicted molar refractivity (Wildman–Crippen MR) is 71.5 cm³/mol. The molecular formula is C14H17NO5. The van der Waals surface area contributed by atoms with Gasteiger partial charge in [0.05, 0.1) is 12.7 Å². The fourth-order valence-corrected chi connectivity index (χ4v) is 1.64. The van der Waals surface area contributed by atoms with E-state index in [-0.39, 0.29) is 17.0 Å². The number of esters is 1. The van der Waals surface area contributed by atoms with Crippen molar-refractivity contribution < 1.29 is 24.2 Å². The van der Waals surface area contributed by atoms with Gasteiger partial charge >= 0.3 is 11.9 Å². The summed E-state index contributed by atoms with van der Waals surface area (Å²) in [7, 11) is 1.24. The number of rotatable bonds is 5. The lowest BCUT2D eigenvalue weighted by Gasteiger charge is -2.18. The fourth-order valence-electron chi connectivity index (χ4n) is 1.64. The lowest BCUT2D eigenvalue weighted by molar-refractivity contribution is -0.140. The number of amides is 1. The van der Waals surface area contributed by atoms with E-state index >= 15 is 0 Å². The van der Waals surface area contributed by atoms with Crippen LogP contribution in [0.4, 0.5) is 0 Å². The number of ether oxygens (including phenoxy) is 1. The highest BCUT2D eigenvalue weighted by atomic mass is 16.5. The van der Waals surface area contributed by atoms with Crippen LogP contribution >= 0.6 is 0 Å². The van der Waals surface area contributed by atoms with E-state index in [2.05, 4.69) is 10.1 Å². The first-order valence-corrected chi connectivity index (χ1v) is 6.09. The standard InChI is InChI=1S/C14H17NO5/c1-8(2)11(13(17)18)15-12(16)9-5-4-6-10(7-9)14(19)20-3/h4-8,11H,1-3H3,(H,15,16)(H,17,18)/t11-/m0/s1. The van der Waals surface area contributed by atoms with Crippen LogP contribution in [0, 0.1) is 5.92 Å². The molecule has 0 aliphatic carbocycles. The predicted octanol–water partition coefficient (Wildman–Crippen LogP) is 1.31. The monoisotopic (exact) mass is 279 g/mol. The van der Waals surface area contributed by atoms with E-state index in [1.165, 1.54) is 31.4 Å². The van der Waals surface area contributed by atoms with Gasteiger partial charge in [-0.1, -0.05) is 19.9 Å². The lowest BCUT2D eigenvalue weighted by atomic mass is 10.0. The fraction of sp³-hybridized carbons (Fsp3) is 0.357. The van der Waals surface area contributed by atoms with Crippen LogP contribution < -0.4 is 5.32 Å². The molecule has 0 fully saturated rings. The van der Waals surface area contributed by atoms with Crippen LogP contribution in [0.3, 0.4) is 0 Å². The Balaban J connectivity index is 2.92. The second kappa shape index (κ2) is 6.70. The zero-order valence-electron chi connectivity index (χ0n) is 11.5. The molecule has 1 amide bonds. The summed E-state index contributed by atoms with van der Waals surface area (Å²) in [4.78, 5) is 34.4. The molecule has 1 aromatic carbocycles. The van der Waals surface area contributed by atoms with E-state index < -0.39 is 23.9 Å². The van der Waals surface area contributed by atoms with E-state index in [1.807, 2.05) is 0 Å². The highest BCUT2D eigenvalue weighted by molar-refractivity contribution is 5.99. The first kappa shape index (κ1) is 15.7. The molecule has 0 bridgehead atoms. The van der Waals surface area contributed by atoms with Gasteiger partial charge in [0.15, 0.2) is 0 Å². The smallest absolute Gasteiger partial charge is 0.337 e. The number of methoxy groups -OCH3 is 1. The quantitative estimate of drug-likeness (QED) is 0.793. The molecule has 6 nitrogen and oxygen atoms in total. The normalized spacial score (nSPS) is 11.8. The molecule has 0 radical (unpaired) electrons. The van der Waals surface area contributed by atoms with E-state index in [9.17, 15) is 14.4 Å². The zero-order chi connectivity index (χ0) is 15.3. The van der Waals surface area contributed by atoms with Crippen molar-refractivity contribution in [2.75, 3.05) is 7.11 Å². The van der Waals surface area contributed by atoms with Gasteiger partial charge in [0, 0.05) is 5.56 Å². The maximum atomic E-state index is 12.0. The Morgan fingerprint density at radius 3 is 2.30 bits per heavy atom. The molecule has 0 saturated carbocycles. The summed E-state index contributed by atoms with van der Waals surface area (Å²) in [6.07, 6.45) is 0. The number of hydrogen-bond acceptors (Lipinski definition) is 4. The van der Waals surface area contributed by atoms with Crippen molar-refractivity contribution in [3.63, 3.8) is 0 Å². The summed E-state index contributed by atoms with van der Waals surface area (Å²) < 4.78 is 4.56. The Morgan fingerprint density at radius 1 is 1.20 bits per heavy atom. The Labute approximate surface area is 116 Å². The second-order valence-electron chi connectivity index (χ2n) is 4.61. The Bertz CT molecular complexity index is 524. The molecule has 0 heterocycles. The summed E-state index contributed by atoms with van der Waals surface area (Å²) in [5, 5.41) is 11.5. The Kier molecular flexibility index (Phi) is 5.25. The molecule has 0 aliphatic heterocycles. The number of nitrogens with one attached hydrogen (secondary N) is 1. The summed E-state index contributed by atoms with van der Waals surface area (Å²) in [5.74, 6) is -2.45. The number of aliphatic carboxylic acids is 1. The van der Waals surface area contributed by atoms with Gasteiger partial charge in [-0.05, 0) is 24.1 Å². The highest BCUT2D eigenvalue weighted by Gasteiger charge is 2.24. The summed E-state index contributed by atoms with van der Waals surface area (Å²) in [6, 6.07) is 4.93. The number of carbonyl (C=O) groups is 3. The third-order valence-electron chi connectivity index (χ3n) is 2.77. The minimum absolute atomic E-state index is 0.208. The molecule has 0 spiro atoms. The molecular weight excluding hydrogens is 262 g/mol. The van der Waals surface area contributed by atoms with Crippen molar-refractivity contribution in [2.24, 2.45) is 5.92 Å². The van der Waals surface area contributed by atoms with Gasteiger partial charge in [-0.3, -0.25) is 4.79 Å². The van der Waals surface area contributed by atoms with Crippen LogP contribution in [0.1, 0.15) is 34.6 Å². The molecule has 0 aliphatic rings. The first-order chi connectivity index (χ1) is 9.36. The van der Waals surface area contributed by atoms with Gasteiger partial charge in [0.25, 0.3) is 5.91 Å². The molecule has 0 saturated heterocycles. The molecule has 1 rings (SSSR count). The average Bonchev–Trinajstić information content (AvgIpc) is 2.42. The van der Waals surface area contributed by atoms with E-state index in [0.717, 1.165) is 0 Å². The van der Waals surface area contributed by atoms with Gasteiger partial charge in [0.1, 0.15) is 6.04 Å². The zero-order valence-corrected chi connectivity index (χ0v) is 11.5. The van der Waals surface area contributed by atoms with Crippen LogP contribution in [0.15, 0.2) is 24.3 Å². The first-order valence-electron chi connectivity index (χ1n) is 6.09. The topological polar surface area (TPSA) is 92.7 Å². The number of benzene rings is 1. The minimum atomic E-state index is -1.10. The van der Waals surface area contributed by atoms with Gasteiger partial charge in [-0.2, -0.15) is 0 Å². The summed E-state index contributed by atoms with van der Waals surface area (Å²) in [5.41, 5.74) is 0.441. The van der Waals surface area contributed by atoms with Gasteiger partial charge in [-0.15, -0.1) is 0 Å². The van der Waals surface area contributed by atoms with E-state index in [4.69, 9.17) is 5.11 Å². The third kappa shape index (κ3) is 3.81. The van der Waals surface area contributed by atoms with E-state index in [0.29, 0.717) is 0 Å². The molecule has 108 valence electrons. The second-order valence-corrected chi connectivity index (χ2v) is 4.61. The largest absolute Gasteiger partial charge is 0.480 e. The van der Waals surface area contributed by atoms with Crippen LogP contribution in [0.5, 0.6) is 0 Å². The molecule has 0 aromatic heterocycles. The summed E-state index contributed by atoms with van der Waals surface area (Å²) >= 11 is 0. The minimum Gasteiger partial charge on any atom is -0.480 e. The maximum absolute atomic E-state index is 12.0. The van der Waals surface area contributed by atoms with Crippen molar-refractivity contribution in [3.05, 3.63) is 35.4 Å². The van der Waals surface area contributed by atoms with Crippen molar-refractivity contribution in [1.29, 1.82) is 0 Å². The third-order valence-corrected chi connectivity index (χ3v) is 2.77. The molecule has 0 unspecified atom stereocenters. The van der Waals surface area contributed by atoms with Crippen LogP contribution in [-0.4, -0.2) is 36.1 Å². The summed E-state index contributed by atoms with van der Waals surface area (Å²) in [6.45, 7) is 3.40. The number of carboxylic acid groups (broad SMARTS) is 1. The van der Waals surface area contributed by atoms with Crippen LogP contribution in [-0.2, 0) is 9.53 Å². The highest BCUT2D eigenvalue weighted by Crippen LogP contribution is 2.09. The molecule has 6 heteroatoms. The van der Waals surface area contributed by atoms with Crippen LogP contribution in [0.25, 0.3) is 0 Å². The Hall–Kier alpha value is -2.37. The van der Waals surface area contributed by atoms with Crippen molar-refractivity contribution >= 4 is 17.8 Å². The molecule has 1 atom stereocenters. The number of hydrogen-bond donors (Lipinski definition) is 2. The number of carboxylic acids is 1. The maximum Gasteiger partial charge on any atom is 0.337 e. The lowest BCUT2D eigenvalue weighted by Crippen LogP contribution is -2.44. The van der Waals surface area contributed by atoms with Crippen LogP contribution in [0.2, 0.25) is 0 Å². The average molecular weight is 279 g/mol. The van der Waals surface area contributed by atoms with Gasteiger partial charge in [-0.25, -0.2) is 9.59 Å². The van der Waals surface area contributed by atoms with Gasteiger partial charge < -0.3 is 15.2 Å². The molecule has 20 heavy (non-hydrogen) atoms. The van der Waals surface area contributed by atoms with Gasteiger partial charge in [0.2, 0.25) is 0 Å². The van der Waals surface area contributed by atoms with Crippen molar-refractivity contribution in [2.45, 2.75) is 19.9 Å². The molecule has 1 aromatic rings. The van der Waals surface area contributed by atoms with Crippen molar-refractivity contribution in [1.82, 2.24) is 5.32 Å². The number of carbonyl (C=O) groups excluding carboxylic acids is 2. The van der Waals surface area contributed by atoms with Crippen molar-refractivity contribution in [3.8, 4) is 0 Å². The van der Waals surface area contributed by atoms with E-state index in [1.54, 1.807) is 13.8 Å². The Morgan fingerprint density at radius 2 is 1.80 bits per heavy atom. The SMILES string of the molecule is COC(=O)c1cccc(C(=O)N[C@H](C(=O)O)C(C)C)c1.